The van der Waals surface area contributed by atoms with E-state index in [2.05, 4.69) is 10.4 Å². The Balaban J connectivity index is 1.60. The third-order valence-electron chi connectivity index (χ3n) is 5.86. The van der Waals surface area contributed by atoms with Crippen molar-refractivity contribution in [2.75, 3.05) is 26.1 Å². The van der Waals surface area contributed by atoms with Crippen LogP contribution in [0.3, 0.4) is 0 Å². The molecule has 182 valence electrons. The molecule has 1 fully saturated rings. The number of anilines is 1. The maximum absolute atomic E-state index is 15.1. The number of nitrogen functional groups attached to an aromatic ring is 1. The lowest BCUT2D eigenvalue weighted by molar-refractivity contribution is 0.0669. The summed E-state index contributed by atoms with van der Waals surface area (Å²) in [5.74, 6) is -3.60. The first kappa shape index (κ1) is 24.1. The zero-order chi connectivity index (χ0) is 25.1. The molecule has 2 aromatic carbocycles. The fourth-order valence-electron chi connectivity index (χ4n) is 3.99. The number of hydrogen-bond acceptors (Lipinski definition) is 6. The maximum atomic E-state index is 15.1. The number of nitrogens with zero attached hydrogens (tertiary/aromatic N) is 3. The van der Waals surface area contributed by atoms with Crippen LogP contribution in [0, 0.1) is 28.8 Å². The highest BCUT2D eigenvalue weighted by molar-refractivity contribution is 5.96. The number of nitrogens with two attached hydrogens (primary N) is 1. The monoisotopic (exact) mass is 485 g/mol. The zero-order valence-corrected chi connectivity index (χ0v) is 18.8. The zero-order valence-electron chi connectivity index (χ0n) is 18.8. The highest BCUT2D eigenvalue weighted by atomic mass is 19.2. The largest absolute Gasteiger partial charge is 0.496 e. The molecule has 1 saturated heterocycles. The smallest absolute Gasteiger partial charge is 0.255 e. The van der Waals surface area contributed by atoms with Crippen molar-refractivity contribution in [2.45, 2.75) is 25.4 Å². The van der Waals surface area contributed by atoms with Crippen LogP contribution in [-0.2, 0) is 11.3 Å². The van der Waals surface area contributed by atoms with E-state index < -0.39 is 23.4 Å². The molecule has 11 heteroatoms. The van der Waals surface area contributed by atoms with E-state index in [0.29, 0.717) is 26.1 Å². The van der Waals surface area contributed by atoms with Crippen LogP contribution in [0.5, 0.6) is 5.75 Å². The summed E-state index contributed by atoms with van der Waals surface area (Å²) < 4.78 is 55.4. The third kappa shape index (κ3) is 4.65. The Kier molecular flexibility index (Phi) is 6.93. The van der Waals surface area contributed by atoms with Gasteiger partial charge in [0.2, 0.25) is 0 Å². The Bertz CT molecular complexity index is 1310. The van der Waals surface area contributed by atoms with Crippen molar-refractivity contribution in [3.05, 3.63) is 64.5 Å². The summed E-state index contributed by atoms with van der Waals surface area (Å²) in [6, 6.07) is 7.77. The molecule has 1 aliphatic heterocycles. The fraction of sp³-hybridized carbons (Fsp3) is 0.292. The average molecular weight is 485 g/mol. The predicted octanol–water partition coefficient (Wildman–Crippen LogP) is 3.71. The quantitative estimate of drug-likeness (QED) is 0.550. The standard InChI is InChI=1S/C24H22F3N5O3/c1-34-19-5-3-14(25)10-17(19)24(33)30-12-13-2-4-16(21(27)20(13)26)22-18(11-28)23(29)32(31-22)15-6-8-35-9-7-15/h2-5,10,15H,6-9,12,29H2,1H3,(H,30,33). The molecule has 0 aliphatic carbocycles. The van der Waals surface area contributed by atoms with Crippen molar-refractivity contribution < 1.29 is 27.4 Å². The molecule has 35 heavy (non-hydrogen) atoms. The van der Waals surface area contributed by atoms with Gasteiger partial charge in [-0.2, -0.15) is 10.4 Å². The van der Waals surface area contributed by atoms with E-state index in [4.69, 9.17) is 15.2 Å². The molecular weight excluding hydrogens is 463 g/mol. The van der Waals surface area contributed by atoms with Gasteiger partial charge >= 0.3 is 0 Å². The summed E-state index contributed by atoms with van der Waals surface area (Å²) in [6.45, 7) is 0.642. The topological polar surface area (TPSA) is 115 Å². The lowest BCUT2D eigenvalue weighted by atomic mass is 10.0. The molecule has 0 atom stereocenters. The van der Waals surface area contributed by atoms with Gasteiger partial charge in [-0.25, -0.2) is 17.9 Å². The van der Waals surface area contributed by atoms with Crippen LogP contribution in [0.15, 0.2) is 30.3 Å². The van der Waals surface area contributed by atoms with E-state index in [1.54, 1.807) is 0 Å². The lowest BCUT2D eigenvalue weighted by Crippen LogP contribution is -2.24. The molecule has 1 amide bonds. The van der Waals surface area contributed by atoms with Crippen molar-refractivity contribution in [1.29, 1.82) is 5.26 Å². The van der Waals surface area contributed by atoms with Gasteiger partial charge < -0.3 is 20.5 Å². The Morgan fingerprint density at radius 3 is 2.69 bits per heavy atom. The minimum Gasteiger partial charge on any atom is -0.496 e. The molecule has 1 aliphatic rings. The van der Waals surface area contributed by atoms with E-state index in [-0.39, 0.29) is 52.1 Å². The number of carbonyl (C=O) groups excluding carboxylic acids is 1. The number of nitriles is 1. The van der Waals surface area contributed by atoms with E-state index >= 15 is 4.39 Å². The number of ether oxygens (including phenoxy) is 2. The number of hydrogen-bond donors (Lipinski definition) is 2. The van der Waals surface area contributed by atoms with Crippen molar-refractivity contribution in [2.24, 2.45) is 0 Å². The van der Waals surface area contributed by atoms with Crippen LogP contribution in [0.2, 0.25) is 0 Å². The second-order valence-electron chi connectivity index (χ2n) is 7.94. The number of methoxy groups -OCH3 is 1. The third-order valence-corrected chi connectivity index (χ3v) is 5.86. The van der Waals surface area contributed by atoms with Crippen molar-refractivity contribution in [3.8, 4) is 23.1 Å². The normalized spacial score (nSPS) is 13.9. The van der Waals surface area contributed by atoms with E-state index in [1.807, 2.05) is 6.07 Å². The van der Waals surface area contributed by atoms with Gasteiger partial charge in [-0.3, -0.25) is 4.79 Å². The van der Waals surface area contributed by atoms with Gasteiger partial charge in [-0.15, -0.1) is 0 Å². The van der Waals surface area contributed by atoms with Gasteiger partial charge in [-0.1, -0.05) is 6.07 Å². The summed E-state index contributed by atoms with van der Waals surface area (Å²) in [5.41, 5.74) is 5.54. The maximum Gasteiger partial charge on any atom is 0.255 e. The van der Waals surface area contributed by atoms with Crippen molar-refractivity contribution >= 4 is 11.7 Å². The van der Waals surface area contributed by atoms with Gasteiger partial charge in [0.15, 0.2) is 11.6 Å². The summed E-state index contributed by atoms with van der Waals surface area (Å²) >= 11 is 0. The number of benzene rings is 2. The molecular formula is C24H22F3N5O3. The van der Waals surface area contributed by atoms with E-state index in [1.165, 1.54) is 30.0 Å². The average Bonchev–Trinajstić information content (AvgIpc) is 3.21. The Morgan fingerprint density at radius 1 is 1.26 bits per heavy atom. The second-order valence-corrected chi connectivity index (χ2v) is 7.94. The van der Waals surface area contributed by atoms with Crippen LogP contribution < -0.4 is 15.8 Å². The van der Waals surface area contributed by atoms with Gasteiger partial charge in [0.05, 0.1) is 18.7 Å². The minimum absolute atomic E-state index is 0.0472. The molecule has 0 bridgehead atoms. The minimum atomic E-state index is -1.23. The molecule has 3 aromatic rings. The van der Waals surface area contributed by atoms with Crippen molar-refractivity contribution in [1.82, 2.24) is 15.1 Å². The first-order valence-electron chi connectivity index (χ1n) is 10.8. The van der Waals surface area contributed by atoms with Crippen LogP contribution in [-0.4, -0.2) is 36.0 Å². The van der Waals surface area contributed by atoms with E-state index in [9.17, 15) is 18.8 Å². The van der Waals surface area contributed by atoms with Gasteiger partial charge in [0.1, 0.15) is 34.7 Å². The Morgan fingerprint density at radius 2 is 2.00 bits per heavy atom. The van der Waals surface area contributed by atoms with Crippen molar-refractivity contribution in [3.63, 3.8) is 0 Å². The molecule has 8 nitrogen and oxygen atoms in total. The molecule has 1 aromatic heterocycles. The summed E-state index contributed by atoms with van der Waals surface area (Å²) in [5, 5.41) is 16.4. The number of amides is 1. The van der Waals surface area contributed by atoms with Crippen LogP contribution in [0.25, 0.3) is 11.3 Å². The molecule has 0 saturated carbocycles. The molecule has 2 heterocycles. The predicted molar refractivity (Wildman–Crippen MR) is 120 cm³/mol. The number of rotatable bonds is 6. The van der Waals surface area contributed by atoms with Gasteiger partial charge in [0, 0.05) is 30.9 Å². The van der Waals surface area contributed by atoms with Crippen LogP contribution >= 0.6 is 0 Å². The highest BCUT2D eigenvalue weighted by Crippen LogP contribution is 2.34. The number of nitrogens with one attached hydrogen (secondary N) is 1. The number of carbonyl (C=O) groups is 1. The Hall–Kier alpha value is -4.04. The second kappa shape index (κ2) is 10.1. The van der Waals surface area contributed by atoms with Gasteiger partial charge in [-0.05, 0) is 37.1 Å². The first-order valence-corrected chi connectivity index (χ1v) is 10.8. The molecule has 0 radical (unpaired) electrons. The van der Waals surface area contributed by atoms with Crippen LogP contribution in [0.1, 0.15) is 40.4 Å². The summed E-state index contributed by atoms with van der Waals surface area (Å²) in [7, 11) is 1.32. The molecule has 3 N–H and O–H groups in total. The Labute approximate surface area is 199 Å². The molecule has 4 rings (SSSR count). The van der Waals surface area contributed by atoms with Gasteiger partial charge in [0.25, 0.3) is 5.91 Å². The van der Waals surface area contributed by atoms with E-state index in [0.717, 1.165) is 12.1 Å². The number of aromatic nitrogens is 2. The SMILES string of the molecule is COc1ccc(F)cc1C(=O)NCc1ccc(-c2nn(C3CCOCC3)c(N)c2C#N)c(F)c1F. The highest BCUT2D eigenvalue weighted by Gasteiger charge is 2.27. The molecule has 0 unspecified atom stereocenters. The first-order chi connectivity index (χ1) is 16.8. The lowest BCUT2D eigenvalue weighted by Gasteiger charge is -2.23. The number of halogens is 3. The molecule has 0 spiro atoms. The summed E-state index contributed by atoms with van der Waals surface area (Å²) in [6.07, 6.45) is 1.25. The summed E-state index contributed by atoms with van der Waals surface area (Å²) in [4.78, 5) is 12.5. The van der Waals surface area contributed by atoms with Crippen LogP contribution in [0.4, 0.5) is 19.0 Å². The fourth-order valence-corrected chi connectivity index (χ4v) is 3.99.